The van der Waals surface area contributed by atoms with Gasteiger partial charge in [0.25, 0.3) is 0 Å². The van der Waals surface area contributed by atoms with Crippen molar-refractivity contribution in [1.29, 1.82) is 0 Å². The third-order valence-corrected chi connectivity index (χ3v) is 3.30. The number of aromatic amines is 1. The zero-order valence-corrected chi connectivity index (χ0v) is 9.77. The summed E-state index contributed by atoms with van der Waals surface area (Å²) in [5, 5.41) is 11.9. The van der Waals surface area contributed by atoms with Gasteiger partial charge in [-0.3, -0.25) is 14.9 Å². The molecule has 3 N–H and O–H groups in total. The average Bonchev–Trinajstić information content (AvgIpc) is 2.91. The summed E-state index contributed by atoms with van der Waals surface area (Å²) in [5.74, 6) is -2.11. The quantitative estimate of drug-likeness (QED) is 0.699. The number of amides is 2. The van der Waals surface area contributed by atoms with Gasteiger partial charge in [0, 0.05) is 23.5 Å². The summed E-state index contributed by atoms with van der Waals surface area (Å²) in [6, 6.07) is 4.65. The molecule has 0 radical (unpaired) electrons. The Balaban J connectivity index is 2.09. The van der Waals surface area contributed by atoms with Crippen molar-refractivity contribution < 1.29 is 19.5 Å². The lowest BCUT2D eigenvalue weighted by molar-refractivity contribution is -0.125. The molecule has 1 aliphatic rings. The highest BCUT2D eigenvalue weighted by molar-refractivity contribution is 6.08. The van der Waals surface area contributed by atoms with E-state index in [0.29, 0.717) is 5.52 Å². The number of nitrogens with one attached hydrogen (secondary N) is 2. The van der Waals surface area contributed by atoms with Gasteiger partial charge in [0.1, 0.15) is 0 Å². The molecule has 0 saturated carbocycles. The number of benzene rings is 1. The highest BCUT2D eigenvalue weighted by atomic mass is 16.4. The van der Waals surface area contributed by atoms with Crippen LogP contribution >= 0.6 is 0 Å². The lowest BCUT2D eigenvalue weighted by Crippen LogP contribution is -2.21. The molecule has 3 rings (SSSR count). The monoisotopic (exact) mass is 258 g/mol. The van der Waals surface area contributed by atoms with Crippen molar-refractivity contribution in [2.24, 2.45) is 0 Å². The van der Waals surface area contributed by atoms with E-state index in [1.54, 1.807) is 12.3 Å². The lowest BCUT2D eigenvalue weighted by atomic mass is 9.96. The van der Waals surface area contributed by atoms with Gasteiger partial charge in [0.05, 0.1) is 11.5 Å². The number of rotatable bonds is 2. The Morgan fingerprint density at radius 2 is 2.11 bits per heavy atom. The summed E-state index contributed by atoms with van der Waals surface area (Å²) in [6.07, 6.45) is 1.78. The molecule has 0 spiro atoms. The Kier molecular flexibility index (Phi) is 2.38. The Labute approximate surface area is 107 Å². The molecule has 6 nitrogen and oxygen atoms in total. The van der Waals surface area contributed by atoms with Crippen LogP contribution in [0.4, 0.5) is 0 Å². The first-order valence-corrected chi connectivity index (χ1v) is 5.74. The molecule has 2 aromatic rings. The van der Waals surface area contributed by atoms with Crippen molar-refractivity contribution in [1.82, 2.24) is 10.3 Å². The van der Waals surface area contributed by atoms with E-state index < -0.39 is 11.9 Å². The Hall–Kier alpha value is -2.63. The van der Waals surface area contributed by atoms with Gasteiger partial charge in [-0.2, -0.15) is 0 Å². The second-order valence-electron chi connectivity index (χ2n) is 4.48. The van der Waals surface area contributed by atoms with E-state index in [1.165, 1.54) is 12.1 Å². The van der Waals surface area contributed by atoms with E-state index in [4.69, 9.17) is 5.11 Å². The molecule has 1 aromatic heterocycles. The molecule has 1 atom stereocenters. The van der Waals surface area contributed by atoms with Crippen molar-refractivity contribution in [3.05, 3.63) is 35.5 Å². The van der Waals surface area contributed by atoms with E-state index in [-0.39, 0.29) is 23.8 Å². The number of fused-ring (bicyclic) bond motifs is 1. The molecule has 2 heterocycles. The van der Waals surface area contributed by atoms with Crippen LogP contribution in [0.1, 0.15) is 28.3 Å². The van der Waals surface area contributed by atoms with Crippen LogP contribution in [-0.4, -0.2) is 27.9 Å². The van der Waals surface area contributed by atoms with Crippen molar-refractivity contribution in [2.75, 3.05) is 0 Å². The minimum atomic E-state index is -1.01. The highest BCUT2D eigenvalue weighted by Crippen LogP contribution is 2.31. The van der Waals surface area contributed by atoms with Crippen LogP contribution in [-0.2, 0) is 9.59 Å². The van der Waals surface area contributed by atoms with Crippen LogP contribution < -0.4 is 5.32 Å². The van der Waals surface area contributed by atoms with E-state index in [2.05, 4.69) is 10.3 Å². The summed E-state index contributed by atoms with van der Waals surface area (Å²) in [4.78, 5) is 36.7. The normalized spacial score (nSPS) is 18.8. The van der Waals surface area contributed by atoms with Gasteiger partial charge in [-0.1, -0.05) is 6.07 Å². The van der Waals surface area contributed by atoms with E-state index >= 15 is 0 Å². The molecule has 1 fully saturated rings. The molecule has 1 aliphatic heterocycles. The molecule has 19 heavy (non-hydrogen) atoms. The number of carboxylic acid groups (broad SMARTS) is 1. The Bertz CT molecular complexity index is 717. The van der Waals surface area contributed by atoms with Crippen molar-refractivity contribution in [2.45, 2.75) is 12.3 Å². The maximum absolute atomic E-state index is 11.7. The number of imide groups is 1. The van der Waals surface area contributed by atoms with Crippen molar-refractivity contribution in [3.63, 3.8) is 0 Å². The molecule has 0 bridgehead atoms. The smallest absolute Gasteiger partial charge is 0.335 e. The number of H-pyrrole nitrogens is 1. The fourth-order valence-corrected chi connectivity index (χ4v) is 2.37. The second-order valence-corrected chi connectivity index (χ2v) is 4.48. The molecule has 1 aromatic carbocycles. The number of aromatic nitrogens is 1. The summed E-state index contributed by atoms with van der Waals surface area (Å²) < 4.78 is 0. The first kappa shape index (κ1) is 11.5. The predicted molar refractivity (Wildman–Crippen MR) is 65.8 cm³/mol. The van der Waals surface area contributed by atoms with Gasteiger partial charge < -0.3 is 10.1 Å². The Morgan fingerprint density at radius 1 is 1.32 bits per heavy atom. The minimum Gasteiger partial charge on any atom is -0.478 e. The molecule has 1 saturated heterocycles. The van der Waals surface area contributed by atoms with Crippen LogP contribution in [0, 0.1) is 0 Å². The van der Waals surface area contributed by atoms with Gasteiger partial charge in [-0.05, 0) is 17.7 Å². The highest BCUT2D eigenvalue weighted by Gasteiger charge is 2.33. The molecule has 96 valence electrons. The molecular formula is C13H10N2O4. The van der Waals surface area contributed by atoms with Gasteiger partial charge in [-0.15, -0.1) is 0 Å². The van der Waals surface area contributed by atoms with Crippen LogP contribution in [0.2, 0.25) is 0 Å². The fourth-order valence-electron chi connectivity index (χ4n) is 2.37. The molecular weight excluding hydrogens is 248 g/mol. The van der Waals surface area contributed by atoms with Gasteiger partial charge in [0.2, 0.25) is 11.8 Å². The van der Waals surface area contributed by atoms with Crippen LogP contribution in [0.15, 0.2) is 24.4 Å². The van der Waals surface area contributed by atoms with Gasteiger partial charge >= 0.3 is 5.97 Å². The van der Waals surface area contributed by atoms with E-state index in [0.717, 1.165) is 10.9 Å². The topological polar surface area (TPSA) is 99.3 Å². The SMILES string of the molecule is O=C1CC(c2c[nH]c3cc(C(=O)O)ccc23)C(=O)N1. The summed E-state index contributed by atoms with van der Waals surface area (Å²) in [6.45, 7) is 0. The average molecular weight is 258 g/mol. The third kappa shape index (κ3) is 1.77. The number of carbonyl (C=O) groups is 3. The number of aromatic carboxylic acids is 1. The second kappa shape index (κ2) is 3.94. The largest absolute Gasteiger partial charge is 0.478 e. The minimum absolute atomic E-state index is 0.131. The first-order chi connectivity index (χ1) is 9.06. The molecule has 6 heteroatoms. The number of hydrogen-bond donors (Lipinski definition) is 3. The lowest BCUT2D eigenvalue weighted by Gasteiger charge is -2.04. The number of hydrogen-bond acceptors (Lipinski definition) is 3. The van der Waals surface area contributed by atoms with Crippen LogP contribution in [0.5, 0.6) is 0 Å². The third-order valence-electron chi connectivity index (χ3n) is 3.30. The van der Waals surface area contributed by atoms with E-state index in [9.17, 15) is 14.4 Å². The van der Waals surface area contributed by atoms with Crippen molar-refractivity contribution >= 4 is 28.7 Å². The van der Waals surface area contributed by atoms with Gasteiger partial charge in [0.15, 0.2) is 0 Å². The number of carboxylic acids is 1. The molecule has 0 aliphatic carbocycles. The number of carbonyl (C=O) groups excluding carboxylic acids is 2. The zero-order valence-electron chi connectivity index (χ0n) is 9.77. The van der Waals surface area contributed by atoms with Gasteiger partial charge in [-0.25, -0.2) is 4.79 Å². The summed E-state index contributed by atoms with van der Waals surface area (Å²) >= 11 is 0. The van der Waals surface area contributed by atoms with Crippen LogP contribution in [0.25, 0.3) is 10.9 Å². The van der Waals surface area contributed by atoms with E-state index in [1.807, 2.05) is 0 Å². The molecule has 1 unspecified atom stereocenters. The van der Waals surface area contributed by atoms with Crippen molar-refractivity contribution in [3.8, 4) is 0 Å². The standard InChI is InChI=1S/C13H10N2O4/c16-11-4-8(12(17)15-11)9-5-14-10-3-6(13(18)19)1-2-7(9)10/h1-3,5,8,14H,4H2,(H,18,19)(H,15,16,17). The predicted octanol–water partition coefficient (Wildman–Crippen LogP) is 0.996. The summed E-state index contributed by atoms with van der Waals surface area (Å²) in [5.41, 5.74) is 1.53. The Morgan fingerprint density at radius 3 is 2.74 bits per heavy atom. The maximum atomic E-state index is 11.7. The first-order valence-electron chi connectivity index (χ1n) is 5.74. The summed E-state index contributed by atoms with van der Waals surface area (Å²) in [7, 11) is 0. The fraction of sp³-hybridized carbons (Fsp3) is 0.154. The molecule has 2 amide bonds. The maximum Gasteiger partial charge on any atom is 0.335 e. The van der Waals surface area contributed by atoms with Crippen LogP contribution in [0.3, 0.4) is 0 Å². The zero-order chi connectivity index (χ0) is 13.6.